The molecule has 0 unspecified atom stereocenters. The van der Waals surface area contributed by atoms with E-state index >= 15 is 0 Å². The maximum atomic E-state index is 12.2. The van der Waals surface area contributed by atoms with Crippen LogP contribution < -0.4 is 11.5 Å². The number of hydrogen-bond donors (Lipinski definition) is 3. The van der Waals surface area contributed by atoms with Crippen LogP contribution in [-0.2, 0) is 4.79 Å². The molecule has 6 heteroatoms. The fourth-order valence-corrected chi connectivity index (χ4v) is 1.50. The third-order valence-electron chi connectivity index (χ3n) is 2.49. The summed E-state index contributed by atoms with van der Waals surface area (Å²) >= 11 is 0. The predicted molar refractivity (Wildman–Crippen MR) is 67.9 cm³/mol. The Morgan fingerprint density at radius 3 is 2.44 bits per heavy atom. The lowest BCUT2D eigenvalue weighted by Gasteiger charge is -2.25. The molecule has 1 aromatic rings. The van der Waals surface area contributed by atoms with Gasteiger partial charge < -0.3 is 21.5 Å². The molecule has 0 fully saturated rings. The third-order valence-corrected chi connectivity index (χ3v) is 2.49. The highest BCUT2D eigenvalue weighted by atomic mass is 16.3. The van der Waals surface area contributed by atoms with Gasteiger partial charge >= 0.3 is 0 Å². The summed E-state index contributed by atoms with van der Waals surface area (Å²) in [5, 5.41) is 9.46. The molecule has 0 aliphatic carbocycles. The van der Waals surface area contributed by atoms with Gasteiger partial charge in [-0.2, -0.15) is 0 Å². The largest absolute Gasteiger partial charge is 0.506 e. The monoisotopic (exact) mass is 251 g/mol. The van der Waals surface area contributed by atoms with E-state index in [2.05, 4.69) is 0 Å². The minimum absolute atomic E-state index is 0.163. The first-order valence-electron chi connectivity index (χ1n) is 5.50. The van der Waals surface area contributed by atoms with Gasteiger partial charge in [-0.25, -0.2) is 0 Å². The van der Waals surface area contributed by atoms with Crippen LogP contribution in [-0.4, -0.2) is 34.4 Å². The zero-order chi connectivity index (χ0) is 13.9. The fraction of sp³-hybridized carbons (Fsp3) is 0.333. The second-order valence-corrected chi connectivity index (χ2v) is 4.27. The fourth-order valence-electron chi connectivity index (χ4n) is 1.50. The molecule has 0 spiro atoms. The van der Waals surface area contributed by atoms with Crippen molar-refractivity contribution in [2.75, 3.05) is 12.3 Å². The van der Waals surface area contributed by atoms with Crippen molar-refractivity contribution in [2.24, 2.45) is 5.73 Å². The predicted octanol–water partition coefficient (Wildman–Crippen LogP) is 0.310. The highest BCUT2D eigenvalue weighted by Crippen LogP contribution is 2.21. The molecule has 5 N–H and O–H groups in total. The Balaban J connectivity index is 3.02. The molecule has 0 atom stereocenters. The van der Waals surface area contributed by atoms with Crippen molar-refractivity contribution in [1.29, 1.82) is 0 Å². The molecule has 0 aliphatic heterocycles. The van der Waals surface area contributed by atoms with E-state index in [1.165, 1.54) is 23.1 Å². The average molecular weight is 251 g/mol. The molecule has 1 aromatic carbocycles. The van der Waals surface area contributed by atoms with Crippen LogP contribution in [0.1, 0.15) is 24.2 Å². The molecule has 1 rings (SSSR count). The Morgan fingerprint density at radius 2 is 2.00 bits per heavy atom. The van der Waals surface area contributed by atoms with Gasteiger partial charge in [0.1, 0.15) is 5.75 Å². The van der Waals surface area contributed by atoms with Gasteiger partial charge in [-0.15, -0.1) is 0 Å². The number of phenolic OH excluding ortho intramolecular Hbond substituents is 1. The van der Waals surface area contributed by atoms with Crippen molar-refractivity contribution in [1.82, 2.24) is 4.90 Å². The van der Waals surface area contributed by atoms with Gasteiger partial charge in [-0.05, 0) is 32.0 Å². The number of aromatic hydroxyl groups is 1. The van der Waals surface area contributed by atoms with Crippen LogP contribution in [0.5, 0.6) is 5.75 Å². The van der Waals surface area contributed by atoms with Crippen molar-refractivity contribution in [3.63, 3.8) is 0 Å². The molecule has 2 amide bonds. The highest BCUT2D eigenvalue weighted by Gasteiger charge is 2.21. The van der Waals surface area contributed by atoms with E-state index in [9.17, 15) is 14.7 Å². The lowest BCUT2D eigenvalue weighted by atomic mass is 10.1. The Kier molecular flexibility index (Phi) is 4.14. The van der Waals surface area contributed by atoms with E-state index in [0.717, 1.165) is 0 Å². The van der Waals surface area contributed by atoms with Crippen LogP contribution in [0.2, 0.25) is 0 Å². The first-order valence-corrected chi connectivity index (χ1v) is 5.50. The first kappa shape index (κ1) is 13.8. The van der Waals surface area contributed by atoms with Gasteiger partial charge in [0.2, 0.25) is 5.91 Å². The standard InChI is InChI=1S/C12H17N3O3/c1-7(2)15(6-11(14)17)12(18)8-3-4-9(13)10(16)5-8/h3-5,7,16H,6,13H2,1-2H3,(H2,14,17). The summed E-state index contributed by atoms with van der Waals surface area (Å²) < 4.78 is 0. The number of phenols is 1. The molecular weight excluding hydrogens is 234 g/mol. The van der Waals surface area contributed by atoms with Gasteiger partial charge in [-0.1, -0.05) is 0 Å². The molecular formula is C12H17N3O3. The molecule has 0 bridgehead atoms. The van der Waals surface area contributed by atoms with Crippen LogP contribution >= 0.6 is 0 Å². The topological polar surface area (TPSA) is 110 Å². The van der Waals surface area contributed by atoms with Crippen molar-refractivity contribution >= 4 is 17.5 Å². The molecule has 0 aliphatic rings. The van der Waals surface area contributed by atoms with Crippen LogP contribution in [0.25, 0.3) is 0 Å². The molecule has 0 saturated carbocycles. The molecule has 6 nitrogen and oxygen atoms in total. The number of primary amides is 1. The molecule has 0 saturated heterocycles. The van der Waals surface area contributed by atoms with Crippen LogP contribution in [0.15, 0.2) is 18.2 Å². The van der Waals surface area contributed by atoms with Gasteiger partial charge in [0.15, 0.2) is 0 Å². The zero-order valence-corrected chi connectivity index (χ0v) is 10.4. The molecule has 0 radical (unpaired) electrons. The summed E-state index contributed by atoms with van der Waals surface area (Å²) in [5.41, 5.74) is 11.0. The molecule has 18 heavy (non-hydrogen) atoms. The van der Waals surface area contributed by atoms with Crippen LogP contribution in [0.4, 0.5) is 5.69 Å². The van der Waals surface area contributed by atoms with Crippen molar-refractivity contribution in [3.8, 4) is 5.75 Å². The highest BCUT2D eigenvalue weighted by molar-refractivity contribution is 5.97. The summed E-state index contributed by atoms with van der Waals surface area (Å²) in [7, 11) is 0. The number of hydrogen-bond acceptors (Lipinski definition) is 4. The lowest BCUT2D eigenvalue weighted by Crippen LogP contribution is -2.42. The number of nitrogens with zero attached hydrogens (tertiary/aromatic N) is 1. The van der Waals surface area contributed by atoms with E-state index in [1.807, 2.05) is 0 Å². The Morgan fingerprint density at radius 1 is 1.39 bits per heavy atom. The second kappa shape index (κ2) is 5.39. The maximum absolute atomic E-state index is 12.2. The maximum Gasteiger partial charge on any atom is 0.254 e. The van der Waals surface area contributed by atoms with Gasteiger partial charge in [-0.3, -0.25) is 9.59 Å². The molecule has 0 aromatic heterocycles. The number of rotatable bonds is 4. The summed E-state index contributed by atoms with van der Waals surface area (Å²) in [4.78, 5) is 24.4. The summed E-state index contributed by atoms with van der Waals surface area (Å²) in [5.74, 6) is -1.13. The van der Waals surface area contributed by atoms with Crippen molar-refractivity contribution < 1.29 is 14.7 Å². The normalized spacial score (nSPS) is 10.4. The second-order valence-electron chi connectivity index (χ2n) is 4.27. The van der Waals surface area contributed by atoms with E-state index in [0.29, 0.717) is 0 Å². The summed E-state index contributed by atoms with van der Waals surface area (Å²) in [6.45, 7) is 3.39. The minimum Gasteiger partial charge on any atom is -0.506 e. The average Bonchev–Trinajstić information content (AvgIpc) is 2.28. The summed E-state index contributed by atoms with van der Waals surface area (Å²) in [6, 6.07) is 4.03. The number of carbonyl (C=O) groups is 2. The minimum atomic E-state index is -0.586. The number of nitrogen functional groups attached to an aromatic ring is 1. The number of carbonyl (C=O) groups excluding carboxylic acids is 2. The van der Waals surface area contributed by atoms with E-state index in [1.54, 1.807) is 13.8 Å². The van der Waals surface area contributed by atoms with Gasteiger partial charge in [0, 0.05) is 11.6 Å². The van der Waals surface area contributed by atoms with E-state index in [-0.39, 0.29) is 35.5 Å². The number of benzene rings is 1. The molecule has 98 valence electrons. The Hall–Kier alpha value is -2.24. The first-order chi connectivity index (χ1) is 8.32. The Bertz CT molecular complexity index is 472. The van der Waals surface area contributed by atoms with E-state index in [4.69, 9.17) is 11.5 Å². The smallest absolute Gasteiger partial charge is 0.254 e. The number of anilines is 1. The van der Waals surface area contributed by atoms with Gasteiger partial charge in [0.25, 0.3) is 5.91 Å². The molecule has 0 heterocycles. The summed E-state index contributed by atoms with van der Waals surface area (Å²) in [6.07, 6.45) is 0. The SMILES string of the molecule is CC(C)N(CC(N)=O)C(=O)c1ccc(N)c(O)c1. The zero-order valence-electron chi connectivity index (χ0n) is 10.4. The quantitative estimate of drug-likeness (QED) is 0.528. The number of amides is 2. The number of nitrogens with two attached hydrogens (primary N) is 2. The third kappa shape index (κ3) is 3.13. The lowest BCUT2D eigenvalue weighted by molar-refractivity contribution is -0.119. The van der Waals surface area contributed by atoms with Crippen molar-refractivity contribution in [2.45, 2.75) is 19.9 Å². The van der Waals surface area contributed by atoms with Crippen LogP contribution in [0.3, 0.4) is 0 Å². The van der Waals surface area contributed by atoms with E-state index < -0.39 is 5.91 Å². The van der Waals surface area contributed by atoms with Crippen molar-refractivity contribution in [3.05, 3.63) is 23.8 Å². The van der Waals surface area contributed by atoms with Gasteiger partial charge in [0.05, 0.1) is 12.2 Å². The van der Waals surface area contributed by atoms with Crippen LogP contribution in [0, 0.1) is 0 Å². The Labute approximate surface area is 105 Å².